The lowest BCUT2D eigenvalue weighted by Crippen LogP contribution is -2.43. The highest BCUT2D eigenvalue weighted by atomic mass is 16.7. The van der Waals surface area contributed by atoms with Gasteiger partial charge in [-0.3, -0.25) is 9.59 Å². The molecule has 0 radical (unpaired) electrons. The second kappa shape index (κ2) is 14.3. The molecule has 3 aromatic rings. The molecular weight excluding hydrogens is 524 g/mol. The zero-order valence-electron chi connectivity index (χ0n) is 23.6. The number of aromatic nitrogens is 1. The summed E-state index contributed by atoms with van der Waals surface area (Å²) in [6.45, 7) is 2.74. The molecule has 9 nitrogen and oxygen atoms in total. The van der Waals surface area contributed by atoms with Gasteiger partial charge in [0, 0.05) is 25.1 Å². The van der Waals surface area contributed by atoms with Crippen molar-refractivity contribution in [2.24, 2.45) is 5.92 Å². The maximum atomic E-state index is 13.4. The number of carbonyl (C=O) groups is 3. The summed E-state index contributed by atoms with van der Waals surface area (Å²) in [5.74, 6) is -1.23. The number of benzene rings is 2. The molecule has 1 aliphatic rings. The van der Waals surface area contributed by atoms with Crippen molar-refractivity contribution in [2.45, 2.75) is 57.6 Å². The fourth-order valence-corrected chi connectivity index (χ4v) is 5.39. The molecule has 1 aromatic heterocycles. The quantitative estimate of drug-likeness (QED) is 0.292. The van der Waals surface area contributed by atoms with Gasteiger partial charge in [0.05, 0.1) is 7.11 Å². The predicted molar refractivity (Wildman–Crippen MR) is 152 cm³/mol. The molecule has 1 N–H and O–H groups in total. The van der Waals surface area contributed by atoms with Gasteiger partial charge in [-0.15, -0.1) is 0 Å². The number of esters is 2. The molecule has 0 spiro atoms. The number of rotatable bonds is 9. The summed E-state index contributed by atoms with van der Waals surface area (Å²) in [5, 5.41) is 2.79. The molecule has 2 heterocycles. The van der Waals surface area contributed by atoms with E-state index in [2.05, 4.69) is 34.6 Å². The molecule has 0 bridgehead atoms. The molecule has 41 heavy (non-hydrogen) atoms. The van der Waals surface area contributed by atoms with E-state index in [0.717, 1.165) is 18.4 Å². The fraction of sp³-hybridized carbons (Fsp3) is 0.375. The van der Waals surface area contributed by atoms with Crippen molar-refractivity contribution in [3.05, 3.63) is 89.7 Å². The van der Waals surface area contributed by atoms with E-state index >= 15 is 0 Å². The Kier molecular flexibility index (Phi) is 10.3. The molecule has 0 saturated carbocycles. The van der Waals surface area contributed by atoms with Crippen LogP contribution >= 0.6 is 0 Å². The molecule has 9 heteroatoms. The van der Waals surface area contributed by atoms with Gasteiger partial charge in [-0.1, -0.05) is 67.1 Å². The smallest absolute Gasteiger partial charge is 0.328 e. The minimum atomic E-state index is -0.883. The monoisotopic (exact) mass is 560 g/mol. The fourth-order valence-electron chi connectivity index (χ4n) is 5.39. The summed E-state index contributed by atoms with van der Waals surface area (Å²) in [6, 6.07) is 21.1. The minimum Gasteiger partial charge on any atom is -0.493 e. The Morgan fingerprint density at radius 2 is 1.73 bits per heavy atom. The Labute approximate surface area is 240 Å². The van der Waals surface area contributed by atoms with Crippen LogP contribution in [0.15, 0.2) is 72.9 Å². The van der Waals surface area contributed by atoms with Gasteiger partial charge in [-0.05, 0) is 43.2 Å². The normalized spacial score (nSPS) is 20.9. The van der Waals surface area contributed by atoms with Gasteiger partial charge in [-0.25, -0.2) is 9.78 Å². The summed E-state index contributed by atoms with van der Waals surface area (Å²) in [4.78, 5) is 42.1. The first-order valence-electron chi connectivity index (χ1n) is 13.8. The molecular formula is C32H36N2O7. The van der Waals surface area contributed by atoms with E-state index in [1.807, 2.05) is 43.3 Å². The van der Waals surface area contributed by atoms with Crippen molar-refractivity contribution < 1.29 is 33.3 Å². The number of nitrogens with zero attached hydrogens (tertiary/aromatic N) is 1. The highest BCUT2D eigenvalue weighted by Crippen LogP contribution is 2.37. The van der Waals surface area contributed by atoms with Gasteiger partial charge < -0.3 is 24.3 Å². The molecule has 0 aliphatic carbocycles. The highest BCUT2D eigenvalue weighted by molar-refractivity contribution is 5.98. The van der Waals surface area contributed by atoms with Crippen LogP contribution in [-0.2, 0) is 25.5 Å². The van der Waals surface area contributed by atoms with Crippen molar-refractivity contribution in [3.63, 3.8) is 0 Å². The first-order chi connectivity index (χ1) is 19.9. The SMILES string of the molecule is COc1ccnc(C(=O)NC2CCCC(Cc3ccccc3)C(c3ccccc3)C(C)OC2=O)c1OCOC(C)=O. The second-order valence-electron chi connectivity index (χ2n) is 10.1. The van der Waals surface area contributed by atoms with Crippen LogP contribution < -0.4 is 14.8 Å². The number of hydrogen-bond acceptors (Lipinski definition) is 8. The van der Waals surface area contributed by atoms with Gasteiger partial charge in [0.2, 0.25) is 6.79 Å². The number of hydrogen-bond donors (Lipinski definition) is 1. The van der Waals surface area contributed by atoms with Crippen LogP contribution in [0.4, 0.5) is 0 Å². The summed E-state index contributed by atoms with van der Waals surface area (Å²) < 4.78 is 21.7. The molecule has 1 aliphatic heterocycles. The number of ether oxygens (including phenoxy) is 4. The first-order valence-corrected chi connectivity index (χ1v) is 13.8. The Bertz CT molecular complexity index is 1320. The third-order valence-corrected chi connectivity index (χ3v) is 7.27. The van der Waals surface area contributed by atoms with Crippen molar-refractivity contribution in [1.29, 1.82) is 0 Å². The Hall–Kier alpha value is -4.40. The van der Waals surface area contributed by atoms with Crippen LogP contribution in [-0.4, -0.2) is 48.9 Å². The average Bonchev–Trinajstić information content (AvgIpc) is 3.02. The molecule has 4 atom stereocenters. The van der Waals surface area contributed by atoms with Crippen molar-refractivity contribution in [2.75, 3.05) is 13.9 Å². The molecule has 1 amide bonds. The summed E-state index contributed by atoms with van der Waals surface area (Å²) >= 11 is 0. The molecule has 4 rings (SSSR count). The number of carbonyl (C=O) groups excluding carboxylic acids is 3. The zero-order chi connectivity index (χ0) is 29.2. The molecule has 2 aromatic carbocycles. The largest absolute Gasteiger partial charge is 0.493 e. The maximum Gasteiger partial charge on any atom is 0.328 e. The van der Waals surface area contributed by atoms with Gasteiger partial charge in [0.25, 0.3) is 5.91 Å². The van der Waals surface area contributed by atoms with E-state index < -0.39 is 36.8 Å². The van der Waals surface area contributed by atoms with E-state index in [-0.39, 0.29) is 29.0 Å². The second-order valence-corrected chi connectivity index (χ2v) is 10.1. The van der Waals surface area contributed by atoms with Gasteiger partial charge in [0.1, 0.15) is 12.1 Å². The molecule has 4 unspecified atom stereocenters. The lowest BCUT2D eigenvalue weighted by atomic mass is 9.76. The number of pyridine rings is 1. The van der Waals surface area contributed by atoms with Gasteiger partial charge in [-0.2, -0.15) is 0 Å². The summed E-state index contributed by atoms with van der Waals surface area (Å²) in [5.41, 5.74) is 2.25. The minimum absolute atomic E-state index is 0.00520. The number of cyclic esters (lactones) is 1. The van der Waals surface area contributed by atoms with Crippen LogP contribution in [0.1, 0.15) is 60.6 Å². The van der Waals surface area contributed by atoms with Crippen molar-refractivity contribution in [1.82, 2.24) is 10.3 Å². The summed E-state index contributed by atoms with van der Waals surface area (Å²) in [7, 11) is 1.42. The van der Waals surface area contributed by atoms with Gasteiger partial charge >= 0.3 is 11.9 Å². The molecule has 1 saturated heterocycles. The summed E-state index contributed by atoms with van der Waals surface area (Å²) in [6.07, 6.45) is 3.77. The van der Waals surface area contributed by atoms with Crippen LogP contribution in [0.5, 0.6) is 11.5 Å². The molecule has 1 fully saturated rings. The third-order valence-electron chi connectivity index (χ3n) is 7.27. The van der Waals surface area contributed by atoms with Crippen LogP contribution in [0.25, 0.3) is 0 Å². The van der Waals surface area contributed by atoms with E-state index in [1.165, 1.54) is 31.9 Å². The number of amides is 1. The Morgan fingerprint density at radius 1 is 1.02 bits per heavy atom. The number of nitrogens with one attached hydrogen (secondary N) is 1. The van der Waals surface area contributed by atoms with Crippen molar-refractivity contribution in [3.8, 4) is 11.5 Å². The molecule has 216 valence electrons. The van der Waals surface area contributed by atoms with Crippen LogP contribution in [0, 0.1) is 5.92 Å². The first kappa shape index (κ1) is 29.6. The van der Waals surface area contributed by atoms with E-state index in [0.29, 0.717) is 12.8 Å². The number of methoxy groups -OCH3 is 1. The van der Waals surface area contributed by atoms with Crippen LogP contribution in [0.3, 0.4) is 0 Å². The van der Waals surface area contributed by atoms with Crippen molar-refractivity contribution >= 4 is 17.8 Å². The highest BCUT2D eigenvalue weighted by Gasteiger charge is 2.35. The zero-order valence-corrected chi connectivity index (χ0v) is 23.6. The predicted octanol–water partition coefficient (Wildman–Crippen LogP) is 4.85. The van der Waals surface area contributed by atoms with Crippen LogP contribution in [0.2, 0.25) is 0 Å². The lowest BCUT2D eigenvalue weighted by Gasteiger charge is -2.32. The Morgan fingerprint density at radius 3 is 2.41 bits per heavy atom. The van der Waals surface area contributed by atoms with Gasteiger partial charge in [0.15, 0.2) is 17.2 Å². The lowest BCUT2D eigenvalue weighted by molar-refractivity contribution is -0.152. The Balaban J connectivity index is 1.55. The van der Waals surface area contributed by atoms with E-state index in [9.17, 15) is 14.4 Å². The average molecular weight is 561 g/mol. The van der Waals surface area contributed by atoms with E-state index in [1.54, 1.807) is 0 Å². The van der Waals surface area contributed by atoms with E-state index in [4.69, 9.17) is 18.9 Å². The maximum absolute atomic E-state index is 13.4. The standard InChI is InChI=1S/C32H36N2O7/c1-21-28(24-13-8-5-9-14-24)25(19-23-11-6-4-7-12-23)15-10-16-26(32(37)41-21)34-31(36)29-30(40-20-39-22(2)35)27(38-3)17-18-33-29/h4-9,11-14,17-18,21,25-26,28H,10,15-16,19-20H2,1-3H3,(H,34,36). The third kappa shape index (κ3) is 7.84. The topological polar surface area (TPSA) is 113 Å².